The molecular formula is C26H25N3O2. The number of nitrogens with one attached hydrogen (secondary N) is 2. The molecule has 0 aliphatic rings. The molecule has 2 amide bonds. The number of aromatic nitrogens is 1. The van der Waals surface area contributed by atoms with E-state index in [9.17, 15) is 9.59 Å². The molecule has 0 atom stereocenters. The summed E-state index contributed by atoms with van der Waals surface area (Å²) in [5.74, 6) is 0. The number of hydrogen-bond donors (Lipinski definition) is 2. The standard InChI is InChI=1S/C26H25N3O2/c1-18-13-19(2)24-21(14-18)15-22(25(30)28-24)17-29(16-20-9-5-3-6-10-20)26(31)27-23-11-7-4-8-12-23/h3-15H,16-17H2,1-2H3,(H,27,31)(H,28,30). The number of benzene rings is 3. The number of H-pyrrole nitrogens is 1. The van der Waals surface area contributed by atoms with Crippen molar-refractivity contribution in [2.45, 2.75) is 26.9 Å². The predicted octanol–water partition coefficient (Wildman–Crippen LogP) is 5.38. The minimum absolute atomic E-state index is 0.176. The molecule has 31 heavy (non-hydrogen) atoms. The normalized spacial score (nSPS) is 10.8. The van der Waals surface area contributed by atoms with Crippen molar-refractivity contribution in [3.05, 3.63) is 111 Å². The molecule has 0 aliphatic heterocycles. The molecular weight excluding hydrogens is 386 g/mol. The number of pyridine rings is 1. The Labute approximate surface area is 181 Å². The fraction of sp³-hybridized carbons (Fsp3) is 0.154. The number of rotatable bonds is 5. The molecule has 0 radical (unpaired) electrons. The SMILES string of the molecule is Cc1cc(C)c2[nH]c(=O)c(CN(Cc3ccccc3)C(=O)Nc3ccccc3)cc2c1. The van der Waals surface area contributed by atoms with Crippen LogP contribution in [-0.2, 0) is 13.1 Å². The third-order valence-corrected chi connectivity index (χ3v) is 5.26. The molecule has 0 aliphatic carbocycles. The maximum atomic E-state index is 13.1. The molecule has 4 aromatic rings. The largest absolute Gasteiger partial charge is 0.322 e. The lowest BCUT2D eigenvalue weighted by Gasteiger charge is -2.23. The highest BCUT2D eigenvalue weighted by molar-refractivity contribution is 5.89. The predicted molar refractivity (Wildman–Crippen MR) is 125 cm³/mol. The number of fused-ring (bicyclic) bond motifs is 1. The van der Waals surface area contributed by atoms with Gasteiger partial charge < -0.3 is 15.2 Å². The lowest BCUT2D eigenvalue weighted by molar-refractivity contribution is 0.206. The molecule has 0 saturated carbocycles. The van der Waals surface area contributed by atoms with E-state index < -0.39 is 0 Å². The summed E-state index contributed by atoms with van der Waals surface area (Å²) in [5.41, 5.74) is 5.08. The van der Waals surface area contributed by atoms with Crippen LogP contribution in [0.3, 0.4) is 0 Å². The average Bonchev–Trinajstić information content (AvgIpc) is 2.76. The third-order valence-electron chi connectivity index (χ3n) is 5.26. The van der Waals surface area contributed by atoms with Crippen molar-refractivity contribution in [1.82, 2.24) is 9.88 Å². The first-order chi connectivity index (χ1) is 15.0. The van der Waals surface area contributed by atoms with Crippen molar-refractivity contribution in [3.63, 3.8) is 0 Å². The van der Waals surface area contributed by atoms with Crippen LogP contribution in [0, 0.1) is 13.8 Å². The zero-order valence-corrected chi connectivity index (χ0v) is 17.7. The number of nitrogens with zero attached hydrogens (tertiary/aromatic N) is 1. The molecule has 1 heterocycles. The highest BCUT2D eigenvalue weighted by Gasteiger charge is 2.17. The van der Waals surface area contributed by atoms with Crippen LogP contribution in [0.2, 0.25) is 0 Å². The van der Waals surface area contributed by atoms with Gasteiger partial charge in [-0.25, -0.2) is 4.79 Å². The maximum absolute atomic E-state index is 13.1. The Morgan fingerprint density at radius 3 is 2.29 bits per heavy atom. The van der Waals surface area contributed by atoms with Gasteiger partial charge in [-0.15, -0.1) is 0 Å². The minimum Gasteiger partial charge on any atom is -0.321 e. The molecule has 0 unspecified atom stereocenters. The summed E-state index contributed by atoms with van der Waals surface area (Å²) in [6, 6.07) is 24.8. The molecule has 0 spiro atoms. The summed E-state index contributed by atoms with van der Waals surface area (Å²) in [5, 5.41) is 3.90. The number of carbonyl (C=O) groups is 1. The van der Waals surface area contributed by atoms with Crippen LogP contribution >= 0.6 is 0 Å². The van der Waals surface area contributed by atoms with Gasteiger partial charge in [0.25, 0.3) is 5.56 Å². The summed E-state index contributed by atoms with van der Waals surface area (Å²) >= 11 is 0. The second kappa shape index (κ2) is 8.88. The quantitative estimate of drug-likeness (QED) is 0.463. The summed E-state index contributed by atoms with van der Waals surface area (Å²) in [6.07, 6.45) is 0. The second-order valence-corrected chi connectivity index (χ2v) is 7.81. The molecule has 156 valence electrons. The smallest absolute Gasteiger partial charge is 0.321 e. The molecule has 3 aromatic carbocycles. The summed E-state index contributed by atoms with van der Waals surface area (Å²) in [6.45, 7) is 4.61. The molecule has 0 saturated heterocycles. The van der Waals surface area contributed by atoms with Gasteiger partial charge in [-0.05, 0) is 54.6 Å². The van der Waals surface area contributed by atoms with Crippen molar-refractivity contribution < 1.29 is 4.79 Å². The van der Waals surface area contributed by atoms with E-state index in [-0.39, 0.29) is 18.1 Å². The van der Waals surface area contributed by atoms with Gasteiger partial charge in [0.1, 0.15) is 0 Å². The molecule has 5 nitrogen and oxygen atoms in total. The summed E-state index contributed by atoms with van der Waals surface area (Å²) in [7, 11) is 0. The number of aryl methyl sites for hydroxylation is 2. The Hall–Kier alpha value is -3.86. The number of hydrogen-bond acceptors (Lipinski definition) is 2. The Kier molecular flexibility index (Phi) is 5.85. The van der Waals surface area contributed by atoms with Crippen LogP contribution in [0.15, 0.2) is 83.7 Å². The van der Waals surface area contributed by atoms with Crippen molar-refractivity contribution >= 4 is 22.6 Å². The third kappa shape index (κ3) is 4.83. The van der Waals surface area contributed by atoms with Crippen molar-refractivity contribution in [2.75, 3.05) is 5.32 Å². The Bertz CT molecular complexity index is 1260. The van der Waals surface area contributed by atoms with Gasteiger partial charge in [0.05, 0.1) is 12.1 Å². The molecule has 4 rings (SSSR count). The lowest BCUT2D eigenvalue weighted by Crippen LogP contribution is -2.35. The number of para-hydroxylation sites is 1. The van der Waals surface area contributed by atoms with Gasteiger partial charge >= 0.3 is 6.03 Å². The number of carbonyl (C=O) groups excluding carboxylic acids is 1. The Balaban J connectivity index is 1.67. The zero-order valence-electron chi connectivity index (χ0n) is 17.7. The van der Waals surface area contributed by atoms with Crippen molar-refractivity contribution in [2.24, 2.45) is 0 Å². The number of anilines is 1. The van der Waals surface area contributed by atoms with E-state index in [1.165, 1.54) is 0 Å². The van der Waals surface area contributed by atoms with Crippen LogP contribution in [0.25, 0.3) is 10.9 Å². The molecule has 5 heteroatoms. The van der Waals surface area contributed by atoms with Crippen molar-refractivity contribution in [1.29, 1.82) is 0 Å². The molecule has 2 N–H and O–H groups in total. The van der Waals surface area contributed by atoms with Gasteiger partial charge in [0.15, 0.2) is 0 Å². The van der Waals surface area contributed by atoms with Gasteiger partial charge in [0, 0.05) is 17.8 Å². The highest BCUT2D eigenvalue weighted by Crippen LogP contribution is 2.19. The van der Waals surface area contributed by atoms with E-state index in [0.29, 0.717) is 17.8 Å². The van der Waals surface area contributed by atoms with Crippen LogP contribution in [0.1, 0.15) is 22.3 Å². The summed E-state index contributed by atoms with van der Waals surface area (Å²) < 4.78 is 0. The zero-order chi connectivity index (χ0) is 21.8. The van der Waals surface area contributed by atoms with E-state index in [4.69, 9.17) is 0 Å². The summed E-state index contributed by atoms with van der Waals surface area (Å²) in [4.78, 5) is 30.6. The fourth-order valence-corrected chi connectivity index (χ4v) is 3.78. The topological polar surface area (TPSA) is 65.2 Å². The van der Waals surface area contributed by atoms with E-state index in [2.05, 4.69) is 10.3 Å². The van der Waals surface area contributed by atoms with Crippen LogP contribution in [0.4, 0.5) is 10.5 Å². The first-order valence-electron chi connectivity index (χ1n) is 10.3. The molecule has 0 bridgehead atoms. The van der Waals surface area contributed by atoms with Crippen LogP contribution in [0.5, 0.6) is 0 Å². The maximum Gasteiger partial charge on any atom is 0.322 e. The van der Waals surface area contributed by atoms with Crippen molar-refractivity contribution in [3.8, 4) is 0 Å². The minimum atomic E-state index is -0.255. The Morgan fingerprint density at radius 2 is 1.58 bits per heavy atom. The van der Waals surface area contributed by atoms with Gasteiger partial charge in [-0.2, -0.15) is 0 Å². The fourth-order valence-electron chi connectivity index (χ4n) is 3.78. The van der Waals surface area contributed by atoms with E-state index in [0.717, 1.165) is 27.6 Å². The molecule has 1 aromatic heterocycles. The number of aromatic amines is 1. The van der Waals surface area contributed by atoms with E-state index in [1.807, 2.05) is 92.7 Å². The first kappa shape index (κ1) is 20.4. The first-order valence-corrected chi connectivity index (χ1v) is 10.3. The van der Waals surface area contributed by atoms with Gasteiger partial charge in [-0.3, -0.25) is 4.79 Å². The lowest BCUT2D eigenvalue weighted by atomic mass is 10.1. The number of urea groups is 1. The molecule has 0 fully saturated rings. The van der Waals surface area contributed by atoms with E-state index >= 15 is 0 Å². The van der Waals surface area contributed by atoms with Crippen LogP contribution in [-0.4, -0.2) is 15.9 Å². The van der Waals surface area contributed by atoms with Gasteiger partial charge in [-0.1, -0.05) is 60.2 Å². The highest BCUT2D eigenvalue weighted by atomic mass is 16.2. The van der Waals surface area contributed by atoms with Gasteiger partial charge in [0.2, 0.25) is 0 Å². The average molecular weight is 412 g/mol. The number of amides is 2. The monoisotopic (exact) mass is 411 g/mol. The van der Waals surface area contributed by atoms with Crippen LogP contribution < -0.4 is 10.9 Å². The second-order valence-electron chi connectivity index (χ2n) is 7.81. The Morgan fingerprint density at radius 1 is 0.903 bits per heavy atom. The van der Waals surface area contributed by atoms with E-state index in [1.54, 1.807) is 4.90 Å².